The Labute approximate surface area is 199 Å². The molecule has 3 rings (SSSR count). The zero-order valence-corrected chi connectivity index (χ0v) is 19.4. The quantitative estimate of drug-likeness (QED) is 0.387. The molecule has 0 radical (unpaired) electrons. The number of hydrogen-bond acceptors (Lipinski definition) is 4. The average molecular weight is 462 g/mol. The second-order valence-electron chi connectivity index (χ2n) is 7.87. The molecule has 0 spiro atoms. The summed E-state index contributed by atoms with van der Waals surface area (Å²) >= 11 is 5.29. The molecule has 33 heavy (non-hydrogen) atoms. The smallest absolute Gasteiger partial charge is 0.257 e. The van der Waals surface area contributed by atoms with Gasteiger partial charge < -0.3 is 15.4 Å². The van der Waals surface area contributed by atoms with Crippen LogP contribution in [0, 0.1) is 5.92 Å². The van der Waals surface area contributed by atoms with Gasteiger partial charge in [0.1, 0.15) is 5.75 Å². The zero-order chi connectivity index (χ0) is 23.6. The molecule has 0 saturated carbocycles. The lowest BCUT2D eigenvalue weighted by Gasteiger charge is -2.12. The summed E-state index contributed by atoms with van der Waals surface area (Å²) in [5.74, 6) is 0.642. The Morgan fingerprint density at radius 1 is 0.818 bits per heavy atom. The monoisotopic (exact) mass is 461 g/mol. The Morgan fingerprint density at radius 2 is 1.48 bits per heavy atom. The second-order valence-corrected chi connectivity index (χ2v) is 8.28. The van der Waals surface area contributed by atoms with Gasteiger partial charge in [0.25, 0.3) is 11.8 Å². The van der Waals surface area contributed by atoms with Crippen molar-refractivity contribution in [1.82, 2.24) is 5.32 Å². The molecule has 0 aliphatic rings. The maximum absolute atomic E-state index is 12.6. The van der Waals surface area contributed by atoms with Gasteiger partial charge in [0.2, 0.25) is 0 Å². The SMILES string of the molecule is CC(C)CCOc1cccc(C(=O)NC(=S)Nc2cccc(NC(=O)c3ccccc3)c2)c1. The molecule has 3 N–H and O–H groups in total. The van der Waals surface area contributed by atoms with Crippen LogP contribution < -0.4 is 20.7 Å². The van der Waals surface area contributed by atoms with Crippen LogP contribution in [-0.4, -0.2) is 23.5 Å². The number of benzene rings is 3. The minimum absolute atomic E-state index is 0.151. The van der Waals surface area contributed by atoms with Crippen molar-refractivity contribution in [2.24, 2.45) is 5.92 Å². The number of ether oxygens (including phenoxy) is 1. The van der Waals surface area contributed by atoms with Crippen LogP contribution in [0.4, 0.5) is 11.4 Å². The summed E-state index contributed by atoms with van der Waals surface area (Å²) in [6.07, 6.45) is 0.940. The molecule has 0 aromatic heterocycles. The summed E-state index contributed by atoms with van der Waals surface area (Å²) < 4.78 is 5.72. The average Bonchev–Trinajstić information content (AvgIpc) is 2.79. The van der Waals surface area contributed by atoms with Gasteiger partial charge in [-0.05, 0) is 73.1 Å². The number of amides is 2. The summed E-state index contributed by atoms with van der Waals surface area (Å²) in [5, 5.41) is 8.64. The first-order valence-corrected chi connectivity index (χ1v) is 11.1. The summed E-state index contributed by atoms with van der Waals surface area (Å²) in [6.45, 7) is 4.86. The Hall–Kier alpha value is -3.71. The molecule has 3 aromatic carbocycles. The van der Waals surface area contributed by atoms with Crippen molar-refractivity contribution < 1.29 is 14.3 Å². The minimum Gasteiger partial charge on any atom is -0.494 e. The molecule has 170 valence electrons. The van der Waals surface area contributed by atoms with E-state index in [0.29, 0.717) is 40.8 Å². The van der Waals surface area contributed by atoms with Crippen LogP contribution in [0.1, 0.15) is 41.0 Å². The molecule has 2 amide bonds. The second kappa shape index (κ2) is 11.8. The fraction of sp³-hybridized carbons (Fsp3) is 0.192. The van der Waals surface area contributed by atoms with E-state index in [1.165, 1.54) is 0 Å². The maximum atomic E-state index is 12.6. The van der Waals surface area contributed by atoms with E-state index in [9.17, 15) is 9.59 Å². The number of hydrogen-bond donors (Lipinski definition) is 3. The molecule has 3 aromatic rings. The van der Waals surface area contributed by atoms with E-state index >= 15 is 0 Å². The first-order chi connectivity index (χ1) is 15.9. The van der Waals surface area contributed by atoms with Gasteiger partial charge >= 0.3 is 0 Å². The van der Waals surface area contributed by atoms with Crippen LogP contribution >= 0.6 is 12.2 Å². The fourth-order valence-corrected chi connectivity index (χ4v) is 3.16. The molecule has 0 aliphatic carbocycles. The number of nitrogens with one attached hydrogen (secondary N) is 3. The summed E-state index contributed by atoms with van der Waals surface area (Å²) in [6, 6.07) is 23.0. The lowest BCUT2D eigenvalue weighted by Crippen LogP contribution is -2.34. The van der Waals surface area contributed by atoms with Gasteiger partial charge in [-0.25, -0.2) is 0 Å². The summed E-state index contributed by atoms with van der Waals surface area (Å²) in [4.78, 5) is 24.9. The van der Waals surface area contributed by atoms with E-state index in [0.717, 1.165) is 6.42 Å². The van der Waals surface area contributed by atoms with E-state index in [1.807, 2.05) is 24.3 Å². The van der Waals surface area contributed by atoms with Gasteiger partial charge in [0.15, 0.2) is 5.11 Å². The molecule has 0 aliphatic heterocycles. The van der Waals surface area contributed by atoms with Gasteiger partial charge in [0, 0.05) is 22.5 Å². The van der Waals surface area contributed by atoms with E-state index in [4.69, 9.17) is 17.0 Å². The van der Waals surface area contributed by atoms with Crippen LogP contribution in [0.3, 0.4) is 0 Å². The highest BCUT2D eigenvalue weighted by atomic mass is 32.1. The maximum Gasteiger partial charge on any atom is 0.257 e. The van der Waals surface area contributed by atoms with Crippen LogP contribution in [-0.2, 0) is 0 Å². The molecule has 7 heteroatoms. The van der Waals surface area contributed by atoms with Gasteiger partial charge in [0.05, 0.1) is 6.61 Å². The third-order valence-electron chi connectivity index (χ3n) is 4.70. The topological polar surface area (TPSA) is 79.5 Å². The highest BCUT2D eigenvalue weighted by Crippen LogP contribution is 2.17. The molecular formula is C26H27N3O3S. The molecule has 0 bridgehead atoms. The van der Waals surface area contributed by atoms with Crippen molar-refractivity contribution in [3.8, 4) is 5.75 Å². The number of anilines is 2. The predicted molar refractivity (Wildman–Crippen MR) is 136 cm³/mol. The predicted octanol–water partition coefficient (Wildman–Crippen LogP) is 5.49. The number of carbonyl (C=O) groups excluding carboxylic acids is 2. The molecule has 0 atom stereocenters. The normalized spacial score (nSPS) is 10.4. The van der Waals surface area contributed by atoms with Crippen LogP contribution in [0.15, 0.2) is 78.9 Å². The van der Waals surface area contributed by atoms with Crippen molar-refractivity contribution in [3.05, 3.63) is 90.0 Å². The molecule has 0 heterocycles. The Balaban J connectivity index is 1.56. The number of thiocarbonyl (C=S) groups is 1. The number of carbonyl (C=O) groups is 2. The molecule has 6 nitrogen and oxygen atoms in total. The largest absolute Gasteiger partial charge is 0.494 e. The number of rotatable bonds is 8. The highest BCUT2D eigenvalue weighted by Gasteiger charge is 2.10. The first kappa shape index (κ1) is 23.9. The van der Waals surface area contributed by atoms with Crippen molar-refractivity contribution in [2.75, 3.05) is 17.2 Å². The van der Waals surface area contributed by atoms with Crippen molar-refractivity contribution >= 4 is 40.5 Å². The molecule has 0 fully saturated rings. The lowest BCUT2D eigenvalue weighted by molar-refractivity contribution is 0.0976. The highest BCUT2D eigenvalue weighted by molar-refractivity contribution is 7.80. The van der Waals surface area contributed by atoms with Crippen LogP contribution in [0.2, 0.25) is 0 Å². The molecular weight excluding hydrogens is 434 g/mol. The van der Waals surface area contributed by atoms with Gasteiger partial charge in [-0.15, -0.1) is 0 Å². The van der Waals surface area contributed by atoms with E-state index in [1.54, 1.807) is 54.6 Å². The van der Waals surface area contributed by atoms with E-state index in [2.05, 4.69) is 29.8 Å². The van der Waals surface area contributed by atoms with E-state index in [-0.39, 0.29) is 16.9 Å². The first-order valence-electron chi connectivity index (χ1n) is 10.7. The Kier molecular flexibility index (Phi) is 8.55. The third-order valence-corrected chi connectivity index (χ3v) is 4.91. The Morgan fingerprint density at radius 3 is 2.21 bits per heavy atom. The van der Waals surface area contributed by atoms with Crippen molar-refractivity contribution in [1.29, 1.82) is 0 Å². The Bertz CT molecular complexity index is 1120. The van der Waals surface area contributed by atoms with Crippen LogP contribution in [0.25, 0.3) is 0 Å². The summed E-state index contributed by atoms with van der Waals surface area (Å²) in [5.41, 5.74) is 2.25. The third kappa shape index (κ3) is 7.73. The standard InChI is InChI=1S/C26H27N3O3S/c1-18(2)14-15-32-23-13-6-10-20(16-23)25(31)29-26(33)28-22-12-7-11-21(17-22)27-24(30)19-8-4-3-5-9-19/h3-13,16-18H,14-15H2,1-2H3,(H,27,30)(H2,28,29,31,33). The molecule has 0 saturated heterocycles. The van der Waals surface area contributed by atoms with E-state index < -0.39 is 0 Å². The van der Waals surface area contributed by atoms with Crippen molar-refractivity contribution in [2.45, 2.75) is 20.3 Å². The van der Waals surface area contributed by atoms with Gasteiger partial charge in [-0.2, -0.15) is 0 Å². The zero-order valence-electron chi connectivity index (χ0n) is 18.6. The molecule has 0 unspecified atom stereocenters. The van der Waals surface area contributed by atoms with Crippen molar-refractivity contribution in [3.63, 3.8) is 0 Å². The minimum atomic E-state index is -0.338. The van der Waals surface area contributed by atoms with Crippen LogP contribution in [0.5, 0.6) is 5.75 Å². The summed E-state index contributed by atoms with van der Waals surface area (Å²) in [7, 11) is 0. The van der Waals surface area contributed by atoms with Gasteiger partial charge in [-0.3, -0.25) is 14.9 Å². The van der Waals surface area contributed by atoms with Gasteiger partial charge in [-0.1, -0.05) is 44.2 Å². The fourth-order valence-electron chi connectivity index (χ4n) is 2.94. The lowest BCUT2D eigenvalue weighted by atomic mass is 10.1.